The first kappa shape index (κ1) is 15.3. The Morgan fingerprint density at radius 1 is 1.41 bits per heavy atom. The Morgan fingerprint density at radius 2 is 2.00 bits per heavy atom. The molecule has 5 heteroatoms. The first-order valence-electron chi connectivity index (χ1n) is 6.17. The van der Waals surface area contributed by atoms with Crippen LogP contribution >= 0.6 is 12.6 Å². The largest absolute Gasteiger partial charge is 0.302 e. The fourth-order valence-corrected chi connectivity index (χ4v) is 4.69. The predicted molar refractivity (Wildman–Crippen MR) is 76.5 cm³/mol. The lowest BCUT2D eigenvalue weighted by Gasteiger charge is -2.35. The zero-order valence-corrected chi connectivity index (χ0v) is 13.0. The summed E-state index contributed by atoms with van der Waals surface area (Å²) >= 11 is 4.42. The topological polar surface area (TPSA) is 37.4 Å². The van der Waals surface area contributed by atoms with Crippen molar-refractivity contribution >= 4 is 22.5 Å². The van der Waals surface area contributed by atoms with Gasteiger partial charge < -0.3 is 4.90 Å². The molecule has 0 aromatic heterocycles. The second-order valence-electron chi connectivity index (χ2n) is 6.24. The number of thiol groups is 1. The van der Waals surface area contributed by atoms with E-state index in [1.165, 1.54) is 0 Å². The van der Waals surface area contributed by atoms with Gasteiger partial charge in [-0.25, -0.2) is 8.42 Å². The van der Waals surface area contributed by atoms with Gasteiger partial charge in [-0.05, 0) is 30.6 Å². The molecule has 0 spiro atoms. The molecule has 1 aliphatic heterocycles. The fourth-order valence-electron chi connectivity index (χ4n) is 2.23. The van der Waals surface area contributed by atoms with Crippen molar-refractivity contribution in [1.82, 2.24) is 4.90 Å². The average molecular weight is 279 g/mol. The maximum absolute atomic E-state index is 11.5. The SMILES string of the molecule is CN(CC(CS)C(C)(C)C)C1CCS(=O)(=O)C1. The van der Waals surface area contributed by atoms with E-state index in [4.69, 9.17) is 0 Å². The molecule has 1 aliphatic rings. The van der Waals surface area contributed by atoms with E-state index >= 15 is 0 Å². The van der Waals surface area contributed by atoms with Crippen LogP contribution in [0, 0.1) is 11.3 Å². The summed E-state index contributed by atoms with van der Waals surface area (Å²) in [5.74, 6) is 2.00. The Labute approximate surface area is 111 Å². The molecule has 0 amide bonds. The zero-order valence-electron chi connectivity index (χ0n) is 11.3. The Kier molecular flexibility index (Phi) is 4.95. The second kappa shape index (κ2) is 5.49. The van der Waals surface area contributed by atoms with Gasteiger partial charge in [0.2, 0.25) is 0 Å². The summed E-state index contributed by atoms with van der Waals surface area (Å²) < 4.78 is 22.9. The third-order valence-corrected chi connectivity index (χ3v) is 5.98. The maximum Gasteiger partial charge on any atom is 0.151 e. The van der Waals surface area contributed by atoms with Crippen LogP contribution in [0.15, 0.2) is 0 Å². The van der Waals surface area contributed by atoms with E-state index in [1.54, 1.807) is 0 Å². The third kappa shape index (κ3) is 4.45. The van der Waals surface area contributed by atoms with E-state index in [0.29, 0.717) is 17.4 Å². The summed E-state index contributed by atoms with van der Waals surface area (Å²) in [4.78, 5) is 2.21. The van der Waals surface area contributed by atoms with Crippen molar-refractivity contribution in [2.75, 3.05) is 30.9 Å². The maximum atomic E-state index is 11.5. The van der Waals surface area contributed by atoms with Gasteiger partial charge in [-0.3, -0.25) is 0 Å². The van der Waals surface area contributed by atoms with Gasteiger partial charge in [0, 0.05) is 12.6 Å². The van der Waals surface area contributed by atoms with Crippen molar-refractivity contribution in [3.8, 4) is 0 Å². The van der Waals surface area contributed by atoms with Crippen molar-refractivity contribution in [1.29, 1.82) is 0 Å². The molecule has 17 heavy (non-hydrogen) atoms. The van der Waals surface area contributed by atoms with Gasteiger partial charge in [-0.1, -0.05) is 20.8 Å². The summed E-state index contributed by atoms with van der Waals surface area (Å²) in [6.45, 7) is 7.57. The Balaban J connectivity index is 2.57. The smallest absolute Gasteiger partial charge is 0.151 e. The van der Waals surface area contributed by atoms with Crippen LogP contribution < -0.4 is 0 Å². The highest BCUT2D eigenvalue weighted by Gasteiger charge is 2.33. The molecule has 1 rings (SSSR count). The highest BCUT2D eigenvalue weighted by molar-refractivity contribution is 7.91. The standard InChI is InChI=1S/C12H25NO2S2/c1-12(2,3)10(8-16)7-13(4)11-5-6-17(14,15)9-11/h10-11,16H,5-9H2,1-4H3. The van der Waals surface area contributed by atoms with Crippen molar-refractivity contribution in [3.05, 3.63) is 0 Å². The molecule has 0 bridgehead atoms. The molecule has 2 unspecified atom stereocenters. The first-order chi connectivity index (χ1) is 7.65. The molecule has 0 aromatic rings. The Hall–Kier alpha value is 0.260. The van der Waals surface area contributed by atoms with E-state index in [9.17, 15) is 8.42 Å². The molecule has 1 fully saturated rings. The van der Waals surface area contributed by atoms with Crippen LogP contribution in [0.1, 0.15) is 27.2 Å². The van der Waals surface area contributed by atoms with Gasteiger partial charge in [0.1, 0.15) is 0 Å². The van der Waals surface area contributed by atoms with E-state index in [0.717, 1.165) is 18.7 Å². The van der Waals surface area contributed by atoms with Crippen LogP contribution in [0.25, 0.3) is 0 Å². The monoisotopic (exact) mass is 279 g/mol. The minimum atomic E-state index is -2.78. The van der Waals surface area contributed by atoms with E-state index in [2.05, 4.69) is 38.3 Å². The van der Waals surface area contributed by atoms with Gasteiger partial charge in [0.15, 0.2) is 9.84 Å². The van der Waals surface area contributed by atoms with E-state index in [-0.39, 0.29) is 11.5 Å². The van der Waals surface area contributed by atoms with Crippen molar-refractivity contribution in [2.45, 2.75) is 33.2 Å². The first-order valence-corrected chi connectivity index (χ1v) is 8.62. The van der Waals surface area contributed by atoms with E-state index in [1.807, 2.05) is 7.05 Å². The summed E-state index contributed by atoms with van der Waals surface area (Å²) in [5.41, 5.74) is 0.216. The minimum absolute atomic E-state index is 0.199. The lowest BCUT2D eigenvalue weighted by Crippen LogP contribution is -2.40. The molecule has 0 aromatic carbocycles. The summed E-state index contributed by atoms with van der Waals surface area (Å²) in [6.07, 6.45) is 0.780. The van der Waals surface area contributed by atoms with Gasteiger partial charge >= 0.3 is 0 Å². The van der Waals surface area contributed by atoms with Gasteiger partial charge in [-0.15, -0.1) is 0 Å². The van der Waals surface area contributed by atoms with Crippen LogP contribution in [-0.4, -0.2) is 50.2 Å². The molecule has 0 radical (unpaired) electrons. The van der Waals surface area contributed by atoms with Crippen LogP contribution in [0.2, 0.25) is 0 Å². The normalized spacial score (nSPS) is 26.4. The van der Waals surface area contributed by atoms with E-state index < -0.39 is 9.84 Å². The second-order valence-corrected chi connectivity index (χ2v) is 8.84. The zero-order chi connectivity index (χ0) is 13.3. The van der Waals surface area contributed by atoms with Crippen LogP contribution in [-0.2, 0) is 9.84 Å². The highest BCUT2D eigenvalue weighted by atomic mass is 32.2. The lowest BCUT2D eigenvalue weighted by atomic mass is 9.81. The molecular weight excluding hydrogens is 254 g/mol. The van der Waals surface area contributed by atoms with Crippen molar-refractivity contribution in [3.63, 3.8) is 0 Å². The minimum Gasteiger partial charge on any atom is -0.302 e. The number of hydrogen-bond donors (Lipinski definition) is 1. The molecule has 2 atom stereocenters. The molecule has 102 valence electrons. The highest BCUT2D eigenvalue weighted by Crippen LogP contribution is 2.29. The summed E-state index contributed by atoms with van der Waals surface area (Å²) in [5, 5.41) is 0. The van der Waals surface area contributed by atoms with Gasteiger partial charge in [-0.2, -0.15) is 12.6 Å². The Bertz CT molecular complexity index is 346. The number of hydrogen-bond acceptors (Lipinski definition) is 4. The van der Waals surface area contributed by atoms with Crippen molar-refractivity contribution < 1.29 is 8.42 Å². The molecular formula is C12H25NO2S2. The summed E-state index contributed by atoms with van der Waals surface area (Å²) in [7, 11) is -0.744. The average Bonchev–Trinajstić information content (AvgIpc) is 2.53. The number of rotatable bonds is 4. The molecule has 3 nitrogen and oxygen atoms in total. The fraction of sp³-hybridized carbons (Fsp3) is 1.00. The van der Waals surface area contributed by atoms with Crippen LogP contribution in [0.3, 0.4) is 0 Å². The summed E-state index contributed by atoms with van der Waals surface area (Å²) in [6, 6.07) is 0.199. The van der Waals surface area contributed by atoms with Crippen LogP contribution in [0.4, 0.5) is 0 Å². The molecule has 0 saturated carbocycles. The molecule has 0 aliphatic carbocycles. The number of nitrogens with zero attached hydrogens (tertiary/aromatic N) is 1. The van der Waals surface area contributed by atoms with Crippen LogP contribution in [0.5, 0.6) is 0 Å². The third-order valence-electron chi connectivity index (χ3n) is 3.79. The van der Waals surface area contributed by atoms with Gasteiger partial charge in [0.25, 0.3) is 0 Å². The molecule has 1 heterocycles. The van der Waals surface area contributed by atoms with Crippen molar-refractivity contribution in [2.24, 2.45) is 11.3 Å². The quantitative estimate of drug-likeness (QED) is 0.796. The van der Waals surface area contributed by atoms with Gasteiger partial charge in [0.05, 0.1) is 11.5 Å². The predicted octanol–water partition coefficient (Wildman–Crippen LogP) is 1.70. The lowest BCUT2D eigenvalue weighted by molar-refractivity contribution is 0.160. The number of sulfone groups is 1. The Morgan fingerprint density at radius 3 is 2.35 bits per heavy atom. The molecule has 1 saturated heterocycles. The molecule has 0 N–H and O–H groups in total.